The number of nitrogens with one attached hydrogen (secondary N) is 1. The molecular formula is C20H16N4O2. The summed E-state index contributed by atoms with van der Waals surface area (Å²) in [4.78, 5) is 29.3. The molecule has 0 saturated heterocycles. The van der Waals surface area contributed by atoms with Gasteiger partial charge in [-0.3, -0.25) is 14.2 Å². The highest BCUT2D eigenvalue weighted by molar-refractivity contribution is 5.91. The SMILES string of the molecule is Cc1cc(=O)n(CC(=O)Nc2cccc(C#N)c2)c(-c2ccccc2)n1. The normalized spacial score (nSPS) is 10.2. The highest BCUT2D eigenvalue weighted by Crippen LogP contribution is 2.16. The summed E-state index contributed by atoms with van der Waals surface area (Å²) in [5.41, 5.74) is 2.00. The Balaban J connectivity index is 1.91. The number of benzene rings is 2. The molecule has 128 valence electrons. The quantitative estimate of drug-likeness (QED) is 0.788. The van der Waals surface area contributed by atoms with Gasteiger partial charge in [0.05, 0.1) is 11.6 Å². The van der Waals surface area contributed by atoms with E-state index in [2.05, 4.69) is 10.3 Å². The summed E-state index contributed by atoms with van der Waals surface area (Å²) in [6.07, 6.45) is 0. The van der Waals surface area contributed by atoms with Gasteiger partial charge in [0.25, 0.3) is 5.56 Å². The Morgan fingerprint density at radius 3 is 2.65 bits per heavy atom. The van der Waals surface area contributed by atoms with Gasteiger partial charge in [-0.05, 0) is 25.1 Å². The van der Waals surface area contributed by atoms with Crippen LogP contribution in [-0.2, 0) is 11.3 Å². The van der Waals surface area contributed by atoms with Crippen LogP contribution in [0.15, 0.2) is 65.5 Å². The first kappa shape index (κ1) is 17.1. The first-order valence-corrected chi connectivity index (χ1v) is 8.01. The zero-order chi connectivity index (χ0) is 18.5. The molecule has 0 radical (unpaired) electrons. The minimum absolute atomic E-state index is 0.173. The fourth-order valence-corrected chi connectivity index (χ4v) is 2.59. The predicted octanol–water partition coefficient (Wildman–Crippen LogP) is 2.73. The Hall–Kier alpha value is -3.72. The van der Waals surface area contributed by atoms with Crippen LogP contribution in [-0.4, -0.2) is 15.5 Å². The Labute approximate surface area is 150 Å². The molecule has 2 aromatic carbocycles. The van der Waals surface area contributed by atoms with Crippen molar-refractivity contribution >= 4 is 11.6 Å². The van der Waals surface area contributed by atoms with Crippen LogP contribution in [0.1, 0.15) is 11.3 Å². The Kier molecular flexibility index (Phi) is 4.90. The van der Waals surface area contributed by atoms with E-state index in [1.54, 1.807) is 31.2 Å². The predicted molar refractivity (Wildman–Crippen MR) is 98.5 cm³/mol. The van der Waals surface area contributed by atoms with Crippen molar-refractivity contribution in [3.8, 4) is 17.5 Å². The maximum Gasteiger partial charge on any atom is 0.254 e. The van der Waals surface area contributed by atoms with Crippen molar-refractivity contribution in [1.29, 1.82) is 5.26 Å². The third-order valence-corrected chi connectivity index (χ3v) is 3.75. The van der Waals surface area contributed by atoms with E-state index in [-0.39, 0.29) is 18.0 Å². The molecule has 6 heteroatoms. The highest BCUT2D eigenvalue weighted by Gasteiger charge is 2.13. The van der Waals surface area contributed by atoms with Gasteiger partial charge >= 0.3 is 0 Å². The number of aryl methyl sites for hydroxylation is 1. The molecule has 0 fully saturated rings. The minimum atomic E-state index is -0.370. The monoisotopic (exact) mass is 344 g/mol. The second kappa shape index (κ2) is 7.45. The number of rotatable bonds is 4. The average Bonchev–Trinajstić information content (AvgIpc) is 2.64. The van der Waals surface area contributed by atoms with E-state index in [0.29, 0.717) is 22.8 Å². The molecule has 0 bridgehead atoms. The zero-order valence-corrected chi connectivity index (χ0v) is 14.1. The number of amides is 1. The van der Waals surface area contributed by atoms with E-state index in [1.807, 2.05) is 36.4 Å². The molecule has 0 spiro atoms. The lowest BCUT2D eigenvalue weighted by Gasteiger charge is -2.13. The van der Waals surface area contributed by atoms with Gasteiger partial charge in [-0.1, -0.05) is 36.4 Å². The Morgan fingerprint density at radius 1 is 1.15 bits per heavy atom. The average molecular weight is 344 g/mol. The molecule has 1 aromatic heterocycles. The van der Waals surface area contributed by atoms with Crippen LogP contribution in [0.25, 0.3) is 11.4 Å². The van der Waals surface area contributed by atoms with E-state index in [1.165, 1.54) is 10.6 Å². The number of hydrogen-bond donors (Lipinski definition) is 1. The van der Waals surface area contributed by atoms with Crippen molar-refractivity contribution < 1.29 is 4.79 Å². The van der Waals surface area contributed by atoms with Gasteiger partial charge in [0.15, 0.2) is 0 Å². The summed E-state index contributed by atoms with van der Waals surface area (Å²) in [5, 5.41) is 11.6. The van der Waals surface area contributed by atoms with Crippen molar-refractivity contribution in [3.63, 3.8) is 0 Å². The third-order valence-electron chi connectivity index (χ3n) is 3.75. The van der Waals surface area contributed by atoms with Crippen LogP contribution >= 0.6 is 0 Å². The van der Waals surface area contributed by atoms with Gasteiger partial charge in [0.1, 0.15) is 12.4 Å². The van der Waals surface area contributed by atoms with Crippen molar-refractivity contribution in [1.82, 2.24) is 9.55 Å². The zero-order valence-electron chi connectivity index (χ0n) is 14.1. The van der Waals surface area contributed by atoms with Crippen LogP contribution in [0.3, 0.4) is 0 Å². The van der Waals surface area contributed by atoms with Gasteiger partial charge in [-0.15, -0.1) is 0 Å². The molecule has 26 heavy (non-hydrogen) atoms. The number of anilines is 1. The van der Waals surface area contributed by atoms with Crippen LogP contribution in [0, 0.1) is 18.3 Å². The Morgan fingerprint density at radius 2 is 1.92 bits per heavy atom. The summed E-state index contributed by atoms with van der Waals surface area (Å²) >= 11 is 0. The molecule has 1 N–H and O–H groups in total. The molecule has 3 aromatic rings. The number of nitriles is 1. The van der Waals surface area contributed by atoms with Gasteiger partial charge < -0.3 is 5.32 Å². The molecule has 0 saturated carbocycles. The lowest BCUT2D eigenvalue weighted by molar-refractivity contribution is -0.116. The summed E-state index contributed by atoms with van der Waals surface area (Å²) in [6, 6.07) is 19.3. The van der Waals surface area contributed by atoms with E-state index in [4.69, 9.17) is 5.26 Å². The second-order valence-corrected chi connectivity index (χ2v) is 5.75. The maximum atomic E-state index is 12.4. The van der Waals surface area contributed by atoms with E-state index in [9.17, 15) is 9.59 Å². The van der Waals surface area contributed by atoms with Crippen LogP contribution < -0.4 is 10.9 Å². The molecule has 0 atom stereocenters. The van der Waals surface area contributed by atoms with E-state index < -0.39 is 0 Å². The third kappa shape index (κ3) is 3.84. The van der Waals surface area contributed by atoms with Crippen LogP contribution in [0.5, 0.6) is 0 Å². The molecule has 1 heterocycles. The molecule has 1 amide bonds. The number of hydrogen-bond acceptors (Lipinski definition) is 4. The molecular weight excluding hydrogens is 328 g/mol. The summed E-state index contributed by atoms with van der Waals surface area (Å²) in [7, 11) is 0. The van der Waals surface area contributed by atoms with Crippen LogP contribution in [0.2, 0.25) is 0 Å². The van der Waals surface area contributed by atoms with Crippen molar-refractivity contribution in [2.24, 2.45) is 0 Å². The molecule has 3 rings (SSSR count). The van der Waals surface area contributed by atoms with Crippen LogP contribution in [0.4, 0.5) is 5.69 Å². The molecule has 0 aliphatic rings. The fourth-order valence-electron chi connectivity index (χ4n) is 2.59. The Bertz CT molecular complexity index is 1050. The number of carbonyl (C=O) groups is 1. The fraction of sp³-hybridized carbons (Fsp3) is 0.100. The minimum Gasteiger partial charge on any atom is -0.324 e. The van der Waals surface area contributed by atoms with E-state index in [0.717, 1.165) is 5.56 Å². The highest BCUT2D eigenvalue weighted by atomic mass is 16.2. The first-order valence-electron chi connectivity index (χ1n) is 8.01. The molecule has 0 aliphatic heterocycles. The summed E-state index contributed by atoms with van der Waals surface area (Å²) in [5.74, 6) is 0.0709. The largest absolute Gasteiger partial charge is 0.324 e. The molecule has 6 nitrogen and oxygen atoms in total. The lowest BCUT2D eigenvalue weighted by Crippen LogP contribution is -2.29. The van der Waals surface area contributed by atoms with Gasteiger partial charge in [0, 0.05) is 23.0 Å². The van der Waals surface area contributed by atoms with E-state index >= 15 is 0 Å². The summed E-state index contributed by atoms with van der Waals surface area (Å²) < 4.78 is 1.34. The molecule has 0 aliphatic carbocycles. The van der Waals surface area contributed by atoms with Gasteiger partial charge in [-0.2, -0.15) is 5.26 Å². The smallest absolute Gasteiger partial charge is 0.254 e. The number of aromatic nitrogens is 2. The number of carbonyl (C=O) groups excluding carboxylic acids is 1. The van der Waals surface area contributed by atoms with Crippen molar-refractivity contribution in [2.75, 3.05) is 5.32 Å². The first-order chi connectivity index (χ1) is 12.6. The maximum absolute atomic E-state index is 12.4. The molecule has 0 unspecified atom stereocenters. The van der Waals surface area contributed by atoms with Crippen molar-refractivity contribution in [2.45, 2.75) is 13.5 Å². The summed E-state index contributed by atoms with van der Waals surface area (Å²) in [6.45, 7) is 1.57. The van der Waals surface area contributed by atoms with Gasteiger partial charge in [-0.25, -0.2) is 4.98 Å². The van der Waals surface area contributed by atoms with Crippen molar-refractivity contribution in [3.05, 3.63) is 82.3 Å². The number of nitrogens with zero attached hydrogens (tertiary/aromatic N) is 3. The van der Waals surface area contributed by atoms with Gasteiger partial charge in [0.2, 0.25) is 5.91 Å². The second-order valence-electron chi connectivity index (χ2n) is 5.75. The topological polar surface area (TPSA) is 87.8 Å². The lowest BCUT2D eigenvalue weighted by atomic mass is 10.2. The standard InChI is InChI=1S/C20H16N4O2/c1-14-10-19(26)24(20(22-14)16-7-3-2-4-8-16)13-18(25)23-17-9-5-6-15(11-17)12-21/h2-11H,13H2,1H3,(H,23,25).